The zero-order chi connectivity index (χ0) is 10.4. The Labute approximate surface area is 87.8 Å². The second kappa shape index (κ2) is 5.45. The third-order valence-electron chi connectivity index (χ3n) is 1.64. The summed E-state index contributed by atoms with van der Waals surface area (Å²) in [6, 6.07) is 2.17. The Bertz CT molecular complexity index is 317. The number of aromatic nitrogens is 2. The van der Waals surface area contributed by atoms with Gasteiger partial charge in [0, 0.05) is 23.3 Å². The van der Waals surface area contributed by atoms with Gasteiger partial charge >= 0.3 is 0 Å². The van der Waals surface area contributed by atoms with Gasteiger partial charge in [-0.1, -0.05) is 0 Å². The van der Waals surface area contributed by atoms with Crippen molar-refractivity contribution in [3.05, 3.63) is 12.4 Å². The molecule has 0 spiro atoms. The predicted octanol–water partition coefficient (Wildman–Crippen LogP) is 1.91. The minimum absolute atomic E-state index is 0.0835. The van der Waals surface area contributed by atoms with E-state index in [-0.39, 0.29) is 6.04 Å². The fraction of sp³-hybridized carbons (Fsp3) is 0.444. The highest BCUT2D eigenvalue weighted by Gasteiger charge is 2.02. The zero-order valence-electron chi connectivity index (χ0n) is 8.19. The van der Waals surface area contributed by atoms with E-state index in [1.807, 2.05) is 13.2 Å². The van der Waals surface area contributed by atoms with Crippen LogP contribution in [-0.4, -0.2) is 22.3 Å². The number of rotatable bonds is 4. The maximum absolute atomic E-state index is 8.46. The lowest BCUT2D eigenvalue weighted by Crippen LogP contribution is -2.15. The molecule has 1 atom stereocenters. The van der Waals surface area contributed by atoms with Gasteiger partial charge in [0.1, 0.15) is 0 Å². The normalized spacial score (nSPS) is 11.8. The van der Waals surface area contributed by atoms with Gasteiger partial charge in [-0.05, 0) is 13.2 Å². The average molecular weight is 208 g/mol. The van der Waals surface area contributed by atoms with E-state index >= 15 is 0 Å². The highest BCUT2D eigenvalue weighted by molar-refractivity contribution is 7.98. The van der Waals surface area contributed by atoms with Gasteiger partial charge in [-0.3, -0.25) is 0 Å². The number of thioether (sulfide) groups is 1. The summed E-state index contributed by atoms with van der Waals surface area (Å²) in [5, 5.41) is 11.5. The molecule has 1 N–H and O–H groups in total. The van der Waals surface area contributed by atoms with Crippen molar-refractivity contribution in [3.63, 3.8) is 0 Å². The van der Waals surface area contributed by atoms with Crippen LogP contribution < -0.4 is 5.32 Å². The molecule has 74 valence electrons. The van der Waals surface area contributed by atoms with Gasteiger partial charge in [0.05, 0.1) is 12.5 Å². The van der Waals surface area contributed by atoms with Crippen LogP contribution in [0.15, 0.2) is 17.3 Å². The SMILES string of the molecule is CSc1cnc(NC(C)CC#N)nc1. The van der Waals surface area contributed by atoms with Gasteiger partial charge in [0.2, 0.25) is 5.95 Å². The summed E-state index contributed by atoms with van der Waals surface area (Å²) in [6.45, 7) is 1.93. The molecule has 0 aliphatic carbocycles. The Hall–Kier alpha value is -1.28. The lowest BCUT2D eigenvalue weighted by atomic mass is 10.3. The maximum atomic E-state index is 8.46. The Kier molecular flexibility index (Phi) is 4.20. The van der Waals surface area contributed by atoms with Gasteiger partial charge < -0.3 is 5.32 Å². The molecule has 5 heteroatoms. The number of anilines is 1. The molecule has 4 nitrogen and oxygen atoms in total. The Morgan fingerprint density at radius 3 is 2.71 bits per heavy atom. The second-order valence-electron chi connectivity index (χ2n) is 2.85. The molecule has 0 bridgehead atoms. The van der Waals surface area contributed by atoms with Crippen LogP contribution in [0.3, 0.4) is 0 Å². The molecule has 14 heavy (non-hydrogen) atoms. The molecule has 1 aromatic rings. The number of nitrogens with one attached hydrogen (secondary N) is 1. The molecule has 0 aliphatic heterocycles. The smallest absolute Gasteiger partial charge is 0.222 e. The summed E-state index contributed by atoms with van der Waals surface area (Å²) < 4.78 is 0. The molecule has 0 fully saturated rings. The Balaban J connectivity index is 2.56. The number of nitriles is 1. The quantitative estimate of drug-likeness (QED) is 0.766. The minimum atomic E-state index is 0.0835. The highest BCUT2D eigenvalue weighted by atomic mass is 32.2. The van der Waals surface area contributed by atoms with Crippen molar-refractivity contribution in [3.8, 4) is 6.07 Å². The summed E-state index contributed by atoms with van der Waals surface area (Å²) in [4.78, 5) is 9.27. The molecule has 0 aromatic carbocycles. The number of nitrogens with zero attached hydrogens (tertiary/aromatic N) is 3. The van der Waals surface area contributed by atoms with Crippen LogP contribution in [0.25, 0.3) is 0 Å². The largest absolute Gasteiger partial charge is 0.351 e. The number of hydrogen-bond donors (Lipinski definition) is 1. The fourth-order valence-electron chi connectivity index (χ4n) is 0.904. The van der Waals surface area contributed by atoms with Crippen LogP contribution in [0.1, 0.15) is 13.3 Å². The Morgan fingerprint density at radius 2 is 2.21 bits per heavy atom. The van der Waals surface area contributed by atoms with Gasteiger partial charge in [0.15, 0.2) is 0 Å². The topological polar surface area (TPSA) is 61.6 Å². The zero-order valence-corrected chi connectivity index (χ0v) is 9.01. The highest BCUT2D eigenvalue weighted by Crippen LogP contribution is 2.12. The molecular weight excluding hydrogens is 196 g/mol. The third kappa shape index (κ3) is 3.23. The van der Waals surface area contributed by atoms with Crippen molar-refractivity contribution >= 4 is 17.7 Å². The molecule has 1 aromatic heterocycles. The molecular formula is C9H12N4S. The summed E-state index contributed by atoms with van der Waals surface area (Å²) in [5.74, 6) is 0.575. The van der Waals surface area contributed by atoms with Crippen LogP contribution in [-0.2, 0) is 0 Å². The molecule has 0 aliphatic rings. The van der Waals surface area contributed by atoms with E-state index in [2.05, 4.69) is 21.4 Å². The van der Waals surface area contributed by atoms with Crippen LogP contribution >= 0.6 is 11.8 Å². The molecule has 0 radical (unpaired) electrons. The summed E-state index contributed by atoms with van der Waals surface area (Å²) >= 11 is 1.60. The first kappa shape index (κ1) is 10.8. The summed E-state index contributed by atoms with van der Waals surface area (Å²) in [5.41, 5.74) is 0. The van der Waals surface area contributed by atoms with Gasteiger partial charge in [-0.2, -0.15) is 5.26 Å². The molecule has 0 saturated heterocycles. The first-order valence-electron chi connectivity index (χ1n) is 4.25. The van der Waals surface area contributed by atoms with Crippen molar-refractivity contribution in [1.82, 2.24) is 9.97 Å². The molecule has 1 heterocycles. The van der Waals surface area contributed by atoms with Gasteiger partial charge in [-0.15, -0.1) is 11.8 Å². The average Bonchev–Trinajstić information content (AvgIpc) is 2.19. The lowest BCUT2D eigenvalue weighted by molar-refractivity contribution is 0.803. The van der Waals surface area contributed by atoms with Gasteiger partial charge in [0.25, 0.3) is 0 Å². The first-order valence-corrected chi connectivity index (χ1v) is 5.48. The van der Waals surface area contributed by atoms with Gasteiger partial charge in [-0.25, -0.2) is 9.97 Å². The van der Waals surface area contributed by atoms with Crippen LogP contribution in [0.5, 0.6) is 0 Å². The van der Waals surface area contributed by atoms with Crippen LogP contribution in [0.4, 0.5) is 5.95 Å². The van der Waals surface area contributed by atoms with E-state index in [4.69, 9.17) is 5.26 Å². The van der Waals surface area contributed by atoms with E-state index in [9.17, 15) is 0 Å². The van der Waals surface area contributed by atoms with E-state index < -0.39 is 0 Å². The standard InChI is InChI=1S/C9H12N4S/c1-7(3-4-10)13-9-11-5-8(14-2)6-12-9/h5-7H,3H2,1-2H3,(H,11,12,13). The van der Waals surface area contributed by atoms with E-state index in [0.29, 0.717) is 12.4 Å². The van der Waals surface area contributed by atoms with Crippen LogP contribution in [0.2, 0.25) is 0 Å². The minimum Gasteiger partial charge on any atom is -0.351 e. The monoisotopic (exact) mass is 208 g/mol. The number of hydrogen-bond acceptors (Lipinski definition) is 5. The van der Waals surface area contributed by atoms with Crippen molar-refractivity contribution in [2.45, 2.75) is 24.3 Å². The van der Waals surface area contributed by atoms with Crippen molar-refractivity contribution < 1.29 is 0 Å². The van der Waals surface area contributed by atoms with Crippen molar-refractivity contribution in [2.75, 3.05) is 11.6 Å². The summed E-state index contributed by atoms with van der Waals surface area (Å²) in [7, 11) is 0. The van der Waals surface area contributed by atoms with Crippen LogP contribution in [0, 0.1) is 11.3 Å². The molecule has 1 rings (SSSR count). The van der Waals surface area contributed by atoms with E-state index in [0.717, 1.165) is 4.90 Å². The molecule has 1 unspecified atom stereocenters. The van der Waals surface area contributed by atoms with E-state index in [1.54, 1.807) is 24.2 Å². The van der Waals surface area contributed by atoms with Crippen molar-refractivity contribution in [1.29, 1.82) is 5.26 Å². The fourth-order valence-corrected chi connectivity index (χ4v) is 1.22. The third-order valence-corrected chi connectivity index (χ3v) is 2.32. The van der Waals surface area contributed by atoms with E-state index in [1.165, 1.54) is 0 Å². The molecule has 0 saturated carbocycles. The first-order chi connectivity index (χ1) is 6.76. The Morgan fingerprint density at radius 1 is 1.57 bits per heavy atom. The van der Waals surface area contributed by atoms with Crippen molar-refractivity contribution in [2.24, 2.45) is 0 Å². The predicted molar refractivity (Wildman–Crippen MR) is 57.1 cm³/mol. The molecule has 0 amide bonds. The lowest BCUT2D eigenvalue weighted by Gasteiger charge is -2.09. The second-order valence-corrected chi connectivity index (χ2v) is 3.73. The summed E-state index contributed by atoms with van der Waals surface area (Å²) in [6.07, 6.45) is 5.95. The maximum Gasteiger partial charge on any atom is 0.222 e.